The molecule has 2 heterocycles. The van der Waals surface area contributed by atoms with Crippen molar-refractivity contribution in [3.8, 4) is 5.75 Å². The Hall–Kier alpha value is -1.06. The molecule has 0 amide bonds. The molecule has 2 aliphatic rings. The molecule has 1 aromatic rings. The van der Waals surface area contributed by atoms with Crippen molar-refractivity contribution in [2.75, 3.05) is 6.54 Å². The maximum absolute atomic E-state index is 9.58. The molecule has 1 aromatic carbocycles. The summed E-state index contributed by atoms with van der Waals surface area (Å²) in [6.07, 6.45) is 5.58. The fraction of sp³-hybridized carbons (Fsp3) is 0.625. The topological polar surface area (TPSA) is 41.5 Å². The first-order valence-corrected chi connectivity index (χ1v) is 7.43. The molecule has 2 fully saturated rings. The first-order chi connectivity index (χ1) is 9.26. The van der Waals surface area contributed by atoms with Crippen LogP contribution in [0.15, 0.2) is 24.3 Å². The second kappa shape index (κ2) is 5.51. The van der Waals surface area contributed by atoms with Crippen LogP contribution in [0.25, 0.3) is 0 Å². The Morgan fingerprint density at radius 1 is 1.42 bits per heavy atom. The zero-order valence-electron chi connectivity index (χ0n) is 11.5. The van der Waals surface area contributed by atoms with E-state index in [9.17, 15) is 5.11 Å². The van der Waals surface area contributed by atoms with Crippen LogP contribution in [0, 0.1) is 5.92 Å². The molecule has 19 heavy (non-hydrogen) atoms. The highest BCUT2D eigenvalue weighted by molar-refractivity contribution is 5.28. The summed E-state index contributed by atoms with van der Waals surface area (Å²) in [4.78, 5) is 0. The van der Waals surface area contributed by atoms with Crippen LogP contribution in [-0.4, -0.2) is 29.9 Å². The Balaban J connectivity index is 1.70. The number of phenolic OH excluding ortho intramolecular Hbond substituents is 1. The van der Waals surface area contributed by atoms with Crippen molar-refractivity contribution in [1.29, 1.82) is 0 Å². The van der Waals surface area contributed by atoms with Gasteiger partial charge in [-0.1, -0.05) is 19.1 Å². The summed E-state index contributed by atoms with van der Waals surface area (Å²) >= 11 is 0. The minimum atomic E-state index is 0.358. The molecule has 0 aromatic heterocycles. The second-order valence-corrected chi connectivity index (χ2v) is 5.81. The highest BCUT2D eigenvalue weighted by atomic mass is 16.5. The molecule has 0 saturated carbocycles. The van der Waals surface area contributed by atoms with Crippen molar-refractivity contribution in [2.24, 2.45) is 5.92 Å². The lowest BCUT2D eigenvalue weighted by Crippen LogP contribution is -2.42. The molecule has 4 atom stereocenters. The van der Waals surface area contributed by atoms with Gasteiger partial charge in [0, 0.05) is 12.0 Å². The molecule has 2 saturated heterocycles. The van der Waals surface area contributed by atoms with Crippen molar-refractivity contribution in [1.82, 2.24) is 5.32 Å². The minimum absolute atomic E-state index is 0.358. The number of aromatic hydroxyl groups is 1. The van der Waals surface area contributed by atoms with Gasteiger partial charge >= 0.3 is 0 Å². The molecule has 2 N–H and O–H groups in total. The molecular formula is C16H23NO2. The average Bonchev–Trinajstić information content (AvgIpc) is 3.00. The van der Waals surface area contributed by atoms with Gasteiger partial charge in [-0.05, 0) is 49.9 Å². The lowest BCUT2D eigenvalue weighted by Gasteiger charge is -2.29. The van der Waals surface area contributed by atoms with E-state index in [1.165, 1.54) is 24.8 Å². The SMILES string of the molecule is CCNC(Cc1cccc(O)c1)C1CC2CCC1O2. The van der Waals surface area contributed by atoms with Gasteiger partial charge < -0.3 is 15.2 Å². The molecule has 3 rings (SSSR count). The number of likely N-dealkylation sites (N-methyl/N-ethyl adjacent to an activating group) is 1. The summed E-state index contributed by atoms with van der Waals surface area (Å²) in [6, 6.07) is 8.08. The fourth-order valence-electron chi connectivity index (χ4n) is 3.68. The van der Waals surface area contributed by atoms with E-state index in [4.69, 9.17) is 4.74 Å². The van der Waals surface area contributed by atoms with Gasteiger partial charge in [0.2, 0.25) is 0 Å². The molecule has 0 spiro atoms. The largest absolute Gasteiger partial charge is 0.508 e. The average molecular weight is 261 g/mol. The number of hydrogen-bond donors (Lipinski definition) is 2. The van der Waals surface area contributed by atoms with Crippen LogP contribution in [0.5, 0.6) is 5.75 Å². The molecule has 3 nitrogen and oxygen atoms in total. The number of nitrogens with one attached hydrogen (secondary N) is 1. The van der Waals surface area contributed by atoms with Gasteiger partial charge in [-0.3, -0.25) is 0 Å². The molecule has 0 aliphatic carbocycles. The minimum Gasteiger partial charge on any atom is -0.508 e. The monoisotopic (exact) mass is 261 g/mol. The summed E-state index contributed by atoms with van der Waals surface area (Å²) in [5.74, 6) is 0.984. The van der Waals surface area contributed by atoms with Crippen LogP contribution in [0.3, 0.4) is 0 Å². The van der Waals surface area contributed by atoms with E-state index in [-0.39, 0.29) is 0 Å². The van der Waals surface area contributed by atoms with E-state index in [1.54, 1.807) is 6.07 Å². The Morgan fingerprint density at radius 2 is 2.32 bits per heavy atom. The van der Waals surface area contributed by atoms with Crippen molar-refractivity contribution in [2.45, 2.75) is 50.9 Å². The van der Waals surface area contributed by atoms with Gasteiger partial charge in [0.25, 0.3) is 0 Å². The number of hydrogen-bond acceptors (Lipinski definition) is 3. The molecule has 3 heteroatoms. The van der Waals surface area contributed by atoms with Gasteiger partial charge in [-0.25, -0.2) is 0 Å². The van der Waals surface area contributed by atoms with E-state index in [1.807, 2.05) is 12.1 Å². The van der Waals surface area contributed by atoms with Crippen LogP contribution in [0.1, 0.15) is 31.7 Å². The molecule has 2 aliphatic heterocycles. The van der Waals surface area contributed by atoms with Crippen molar-refractivity contribution >= 4 is 0 Å². The summed E-state index contributed by atoms with van der Waals surface area (Å²) in [5, 5.41) is 13.2. The fourth-order valence-corrected chi connectivity index (χ4v) is 3.68. The predicted octanol–water partition coefficient (Wildman–Crippen LogP) is 2.48. The van der Waals surface area contributed by atoms with Crippen LogP contribution in [0.4, 0.5) is 0 Å². The highest BCUT2D eigenvalue weighted by Gasteiger charge is 2.43. The molecule has 104 valence electrons. The van der Waals surface area contributed by atoms with Crippen molar-refractivity contribution in [3.05, 3.63) is 29.8 Å². The van der Waals surface area contributed by atoms with E-state index < -0.39 is 0 Å². The molecular weight excluding hydrogens is 238 g/mol. The summed E-state index contributed by atoms with van der Waals surface area (Å²) < 4.78 is 5.98. The third-order valence-corrected chi connectivity index (χ3v) is 4.50. The maximum atomic E-state index is 9.58. The number of benzene rings is 1. The van der Waals surface area contributed by atoms with Crippen LogP contribution in [-0.2, 0) is 11.2 Å². The molecule has 2 bridgehead atoms. The van der Waals surface area contributed by atoms with Crippen LogP contribution < -0.4 is 5.32 Å². The standard InChI is InChI=1S/C16H23NO2/c1-2-17-15(9-11-4-3-5-12(18)8-11)14-10-13-6-7-16(14)19-13/h3-5,8,13-18H,2,6-7,9-10H2,1H3. The van der Waals surface area contributed by atoms with E-state index in [2.05, 4.69) is 18.3 Å². The first-order valence-electron chi connectivity index (χ1n) is 7.43. The molecule has 0 radical (unpaired) electrons. The van der Waals surface area contributed by atoms with Crippen LogP contribution in [0.2, 0.25) is 0 Å². The van der Waals surface area contributed by atoms with E-state index >= 15 is 0 Å². The molecule has 4 unspecified atom stereocenters. The quantitative estimate of drug-likeness (QED) is 0.855. The number of rotatable bonds is 5. The summed E-state index contributed by atoms with van der Waals surface area (Å²) in [5.41, 5.74) is 1.20. The lowest BCUT2D eigenvalue weighted by molar-refractivity contribution is 0.0858. The zero-order valence-corrected chi connectivity index (χ0v) is 11.5. The van der Waals surface area contributed by atoms with Gasteiger partial charge in [-0.2, -0.15) is 0 Å². The van der Waals surface area contributed by atoms with Gasteiger partial charge in [0.1, 0.15) is 5.75 Å². The number of phenols is 1. The van der Waals surface area contributed by atoms with Gasteiger partial charge in [0.05, 0.1) is 12.2 Å². The van der Waals surface area contributed by atoms with E-state index in [0.717, 1.165) is 13.0 Å². The summed E-state index contributed by atoms with van der Waals surface area (Å²) in [6.45, 7) is 3.14. The van der Waals surface area contributed by atoms with Gasteiger partial charge in [-0.15, -0.1) is 0 Å². The Bertz CT molecular complexity index is 435. The Labute approximate surface area is 115 Å². The zero-order chi connectivity index (χ0) is 13.2. The number of ether oxygens (including phenoxy) is 1. The smallest absolute Gasteiger partial charge is 0.115 e. The lowest BCUT2D eigenvalue weighted by atomic mass is 9.81. The Kier molecular flexibility index (Phi) is 3.76. The normalized spacial score (nSPS) is 30.7. The third-order valence-electron chi connectivity index (χ3n) is 4.50. The first kappa shape index (κ1) is 12.9. The maximum Gasteiger partial charge on any atom is 0.115 e. The van der Waals surface area contributed by atoms with Crippen molar-refractivity contribution < 1.29 is 9.84 Å². The number of fused-ring (bicyclic) bond motifs is 2. The third kappa shape index (κ3) is 2.77. The second-order valence-electron chi connectivity index (χ2n) is 5.81. The van der Waals surface area contributed by atoms with Crippen LogP contribution >= 0.6 is 0 Å². The van der Waals surface area contributed by atoms with Crippen molar-refractivity contribution in [3.63, 3.8) is 0 Å². The summed E-state index contributed by atoms with van der Waals surface area (Å²) in [7, 11) is 0. The van der Waals surface area contributed by atoms with Gasteiger partial charge in [0.15, 0.2) is 0 Å². The highest BCUT2D eigenvalue weighted by Crippen LogP contribution is 2.41. The predicted molar refractivity (Wildman–Crippen MR) is 75.3 cm³/mol. The Morgan fingerprint density at radius 3 is 2.95 bits per heavy atom. The van der Waals surface area contributed by atoms with E-state index in [0.29, 0.717) is 29.9 Å².